The van der Waals surface area contributed by atoms with Crippen LogP contribution < -0.4 is 14.2 Å². The molecule has 0 spiro atoms. The molecule has 0 saturated heterocycles. The lowest BCUT2D eigenvalue weighted by Gasteiger charge is -2.10. The normalized spacial score (nSPS) is 12.7. The minimum atomic E-state index is 0.251. The van der Waals surface area contributed by atoms with Crippen molar-refractivity contribution in [2.24, 2.45) is 4.99 Å². The van der Waals surface area contributed by atoms with Gasteiger partial charge in [-0.15, -0.1) is 0 Å². The Balaban J connectivity index is 1.42. The maximum atomic E-state index is 5.93. The van der Waals surface area contributed by atoms with Gasteiger partial charge < -0.3 is 18.9 Å². The van der Waals surface area contributed by atoms with Crippen LogP contribution in [0.2, 0.25) is 0 Å². The van der Waals surface area contributed by atoms with Crippen LogP contribution in [0.15, 0.2) is 77.8 Å². The molecule has 0 unspecified atom stereocenters. The van der Waals surface area contributed by atoms with Crippen LogP contribution >= 0.6 is 0 Å². The number of hydrogen-bond donors (Lipinski definition) is 0. The number of hydrogen-bond acceptors (Lipinski definition) is 5. The van der Waals surface area contributed by atoms with Crippen molar-refractivity contribution < 1.29 is 18.9 Å². The highest BCUT2D eigenvalue weighted by atomic mass is 16.7. The van der Waals surface area contributed by atoms with Crippen LogP contribution in [-0.2, 0) is 11.3 Å². The molecule has 28 heavy (non-hydrogen) atoms. The van der Waals surface area contributed by atoms with Crippen LogP contribution in [-0.4, -0.2) is 12.7 Å². The Bertz CT molecular complexity index is 969. The smallest absolute Gasteiger partial charge is 0.231 e. The monoisotopic (exact) mass is 375 g/mol. The molecule has 1 heterocycles. The molecule has 1 aliphatic heterocycles. The first-order chi connectivity index (χ1) is 13.8. The summed E-state index contributed by atoms with van der Waals surface area (Å²) in [4.78, 5) is 4.59. The van der Waals surface area contributed by atoms with E-state index in [0.29, 0.717) is 24.7 Å². The Morgan fingerprint density at radius 1 is 0.893 bits per heavy atom. The van der Waals surface area contributed by atoms with Crippen LogP contribution in [0.25, 0.3) is 0 Å². The molecule has 5 nitrogen and oxygen atoms in total. The number of nitrogens with zero attached hydrogens (tertiary/aromatic N) is 1. The lowest BCUT2D eigenvalue weighted by atomic mass is 10.2. The van der Waals surface area contributed by atoms with E-state index in [1.165, 1.54) is 0 Å². The molecule has 3 aromatic carbocycles. The van der Waals surface area contributed by atoms with Crippen LogP contribution in [0, 0.1) is 0 Å². The van der Waals surface area contributed by atoms with E-state index in [4.69, 9.17) is 18.9 Å². The first-order valence-electron chi connectivity index (χ1n) is 9.22. The molecular weight excluding hydrogens is 354 g/mol. The van der Waals surface area contributed by atoms with E-state index in [9.17, 15) is 0 Å². The van der Waals surface area contributed by atoms with E-state index in [2.05, 4.69) is 4.99 Å². The van der Waals surface area contributed by atoms with Gasteiger partial charge in [-0.2, -0.15) is 0 Å². The van der Waals surface area contributed by atoms with Gasteiger partial charge in [-0.1, -0.05) is 37.3 Å². The molecule has 0 bridgehead atoms. The molecule has 0 N–H and O–H groups in total. The van der Waals surface area contributed by atoms with Crippen molar-refractivity contribution >= 4 is 11.6 Å². The first kappa shape index (κ1) is 17.9. The van der Waals surface area contributed by atoms with Gasteiger partial charge in [-0.3, -0.25) is 0 Å². The molecule has 142 valence electrons. The van der Waals surface area contributed by atoms with Crippen LogP contribution in [0.4, 0.5) is 5.69 Å². The second-order valence-electron chi connectivity index (χ2n) is 6.25. The van der Waals surface area contributed by atoms with Crippen molar-refractivity contribution in [3.05, 3.63) is 78.4 Å². The summed E-state index contributed by atoms with van der Waals surface area (Å²) in [7, 11) is 0. The highest BCUT2D eigenvalue weighted by Crippen LogP contribution is 2.35. The third-order valence-corrected chi connectivity index (χ3v) is 4.20. The molecule has 4 rings (SSSR count). The minimum Gasteiger partial charge on any atom is -0.476 e. The summed E-state index contributed by atoms with van der Waals surface area (Å²) in [5.41, 5.74) is 1.79. The SMILES string of the molecule is CCC(=Nc1ccc2c(c1)OCO2)OCc1cccc(Oc2ccccc2)c1. The molecule has 0 saturated carbocycles. The average molecular weight is 375 g/mol. The molecule has 5 heteroatoms. The summed E-state index contributed by atoms with van der Waals surface area (Å²) in [5.74, 6) is 3.70. The molecule has 0 fully saturated rings. The third-order valence-electron chi connectivity index (χ3n) is 4.20. The Hall–Kier alpha value is -3.47. The maximum absolute atomic E-state index is 5.93. The van der Waals surface area contributed by atoms with E-state index in [1.54, 1.807) is 0 Å². The van der Waals surface area contributed by atoms with E-state index < -0.39 is 0 Å². The molecule has 0 radical (unpaired) electrons. The number of benzene rings is 3. The van der Waals surface area contributed by atoms with E-state index in [1.807, 2.05) is 79.7 Å². The Morgan fingerprint density at radius 2 is 1.71 bits per heavy atom. The predicted molar refractivity (Wildman–Crippen MR) is 108 cm³/mol. The molecule has 0 aliphatic carbocycles. The number of para-hydroxylation sites is 1. The summed E-state index contributed by atoms with van der Waals surface area (Å²) in [6.45, 7) is 2.69. The van der Waals surface area contributed by atoms with E-state index >= 15 is 0 Å². The van der Waals surface area contributed by atoms with E-state index in [-0.39, 0.29) is 6.79 Å². The zero-order valence-corrected chi connectivity index (χ0v) is 15.6. The lowest BCUT2D eigenvalue weighted by Crippen LogP contribution is -2.03. The topological polar surface area (TPSA) is 49.3 Å². The predicted octanol–water partition coefficient (Wildman–Crippen LogP) is 5.86. The van der Waals surface area contributed by atoms with Gasteiger partial charge in [0.15, 0.2) is 17.4 Å². The number of fused-ring (bicyclic) bond motifs is 1. The summed E-state index contributed by atoms with van der Waals surface area (Å²) in [6, 6.07) is 23.2. The van der Waals surface area contributed by atoms with Gasteiger partial charge in [0.1, 0.15) is 18.1 Å². The molecule has 0 amide bonds. The number of aliphatic imine (C=N–C) groups is 1. The first-order valence-corrected chi connectivity index (χ1v) is 9.22. The Morgan fingerprint density at radius 3 is 2.57 bits per heavy atom. The van der Waals surface area contributed by atoms with Crippen molar-refractivity contribution in [3.63, 3.8) is 0 Å². The second-order valence-corrected chi connectivity index (χ2v) is 6.25. The molecule has 0 atom stereocenters. The fourth-order valence-corrected chi connectivity index (χ4v) is 2.80. The van der Waals surface area contributed by atoms with Crippen molar-refractivity contribution in [3.8, 4) is 23.0 Å². The maximum Gasteiger partial charge on any atom is 0.231 e. The largest absolute Gasteiger partial charge is 0.476 e. The number of ether oxygens (including phenoxy) is 4. The highest BCUT2D eigenvalue weighted by molar-refractivity contribution is 5.79. The summed E-state index contributed by atoms with van der Waals surface area (Å²) in [5, 5.41) is 0. The zero-order valence-electron chi connectivity index (χ0n) is 15.6. The average Bonchev–Trinajstić information content (AvgIpc) is 3.20. The van der Waals surface area contributed by atoms with Crippen LogP contribution in [0.3, 0.4) is 0 Å². The van der Waals surface area contributed by atoms with Crippen LogP contribution in [0.5, 0.6) is 23.0 Å². The van der Waals surface area contributed by atoms with Gasteiger partial charge in [0.05, 0.1) is 5.69 Å². The van der Waals surface area contributed by atoms with Gasteiger partial charge in [0.25, 0.3) is 0 Å². The molecule has 3 aromatic rings. The summed E-state index contributed by atoms with van der Waals surface area (Å²) >= 11 is 0. The molecule has 1 aliphatic rings. The zero-order chi connectivity index (χ0) is 19.2. The summed E-state index contributed by atoms with van der Waals surface area (Å²) < 4.78 is 22.5. The van der Waals surface area contributed by atoms with Crippen molar-refractivity contribution in [1.29, 1.82) is 0 Å². The van der Waals surface area contributed by atoms with E-state index in [0.717, 1.165) is 28.5 Å². The van der Waals surface area contributed by atoms with Crippen molar-refractivity contribution in [1.82, 2.24) is 0 Å². The van der Waals surface area contributed by atoms with Crippen molar-refractivity contribution in [2.75, 3.05) is 6.79 Å². The number of rotatable bonds is 6. The van der Waals surface area contributed by atoms with Gasteiger partial charge in [0, 0.05) is 12.5 Å². The van der Waals surface area contributed by atoms with Gasteiger partial charge in [-0.25, -0.2) is 4.99 Å². The fourth-order valence-electron chi connectivity index (χ4n) is 2.80. The van der Waals surface area contributed by atoms with Crippen LogP contribution in [0.1, 0.15) is 18.9 Å². The quantitative estimate of drug-likeness (QED) is 0.400. The van der Waals surface area contributed by atoms with Crippen molar-refractivity contribution in [2.45, 2.75) is 20.0 Å². The molecule has 0 aromatic heterocycles. The Labute approximate surface area is 164 Å². The summed E-state index contributed by atoms with van der Waals surface area (Å²) in [6.07, 6.45) is 0.689. The van der Waals surface area contributed by atoms with Gasteiger partial charge in [-0.05, 0) is 42.0 Å². The third kappa shape index (κ3) is 4.43. The second kappa shape index (κ2) is 8.48. The Kier molecular flexibility index (Phi) is 5.43. The fraction of sp³-hybridized carbons (Fsp3) is 0.174. The van der Waals surface area contributed by atoms with Gasteiger partial charge >= 0.3 is 0 Å². The standard InChI is InChI=1S/C23H21NO4/c1-2-23(24-18-11-12-21-22(14-18)27-16-26-21)25-15-17-7-6-10-20(13-17)28-19-8-4-3-5-9-19/h3-14H,2,15-16H2,1H3. The van der Waals surface area contributed by atoms with Gasteiger partial charge in [0.2, 0.25) is 6.79 Å². The molecular formula is C23H21NO4. The highest BCUT2D eigenvalue weighted by Gasteiger charge is 2.13. The minimum absolute atomic E-state index is 0.251. The lowest BCUT2D eigenvalue weighted by molar-refractivity contribution is 0.174.